The van der Waals surface area contributed by atoms with E-state index in [0.717, 1.165) is 0 Å². The van der Waals surface area contributed by atoms with Gasteiger partial charge in [0.15, 0.2) is 0 Å². The lowest BCUT2D eigenvalue weighted by molar-refractivity contribution is -0.274. The number of benzene rings is 1. The number of hydrogen-bond acceptors (Lipinski definition) is 2. The van der Waals surface area contributed by atoms with Gasteiger partial charge in [-0.2, -0.15) is 13.2 Å². The Bertz CT molecular complexity index is 418. The Morgan fingerprint density at radius 2 is 1.65 bits per heavy atom. The summed E-state index contributed by atoms with van der Waals surface area (Å²) in [6.07, 6.45) is -10.1. The molecule has 0 radical (unpaired) electrons. The highest BCUT2D eigenvalue weighted by molar-refractivity contribution is 5.54. The lowest BCUT2D eigenvalue weighted by Gasteiger charge is -2.27. The summed E-state index contributed by atoms with van der Waals surface area (Å²) in [5.41, 5.74) is -1.75. The van der Waals surface area contributed by atoms with Gasteiger partial charge in [-0.3, -0.25) is 0 Å². The highest BCUT2D eigenvalue weighted by atomic mass is 19.4. The molecule has 0 bridgehead atoms. The predicted molar refractivity (Wildman–Crippen MR) is 47.4 cm³/mol. The summed E-state index contributed by atoms with van der Waals surface area (Å²) in [5.74, 6) is -0.618. The minimum atomic E-state index is -5.79. The summed E-state index contributed by atoms with van der Waals surface area (Å²) < 4.78 is 75.0. The van der Waals surface area contributed by atoms with E-state index >= 15 is 0 Å². The number of nitrogens with two attached hydrogens (primary N) is 1. The molecule has 1 aromatic rings. The molecular weight excluding hydrogens is 252 g/mol. The number of halogens is 6. The average molecular weight is 259 g/mol. The van der Waals surface area contributed by atoms with Gasteiger partial charge in [0.25, 0.3) is 12.1 Å². The molecule has 1 rings (SSSR count). The quantitative estimate of drug-likeness (QED) is 0.487. The van der Waals surface area contributed by atoms with Crippen molar-refractivity contribution in [1.82, 2.24) is 0 Å². The molecule has 0 saturated carbocycles. The third-order valence-electron chi connectivity index (χ3n) is 2.16. The zero-order valence-electron chi connectivity index (χ0n) is 8.10. The van der Waals surface area contributed by atoms with E-state index in [9.17, 15) is 26.3 Å². The van der Waals surface area contributed by atoms with Gasteiger partial charge < -0.3 is 10.8 Å². The average Bonchev–Trinajstić information content (AvgIpc) is 2.19. The third-order valence-corrected chi connectivity index (χ3v) is 2.16. The number of phenols is 1. The van der Waals surface area contributed by atoms with Crippen LogP contribution in [0.15, 0.2) is 18.2 Å². The lowest BCUT2D eigenvalue weighted by Crippen LogP contribution is -2.44. The predicted octanol–water partition coefficient (Wildman–Crippen LogP) is 2.97. The molecular formula is C9H7F6NO. The number of rotatable bonds is 2. The molecule has 1 unspecified atom stereocenters. The van der Waals surface area contributed by atoms with E-state index in [1.165, 1.54) is 0 Å². The van der Waals surface area contributed by atoms with Crippen LogP contribution in [-0.2, 0) is 5.67 Å². The van der Waals surface area contributed by atoms with E-state index in [1.54, 1.807) is 0 Å². The molecule has 96 valence electrons. The maximum atomic E-state index is 13.5. The maximum Gasteiger partial charge on any atom is 0.432 e. The molecule has 0 aromatic heterocycles. The zero-order chi connectivity index (χ0) is 13.4. The van der Waals surface area contributed by atoms with Crippen molar-refractivity contribution in [3.63, 3.8) is 0 Å². The van der Waals surface area contributed by atoms with Gasteiger partial charge in [0.05, 0.1) is 5.69 Å². The Hall–Kier alpha value is -1.60. The van der Waals surface area contributed by atoms with E-state index in [1.807, 2.05) is 0 Å². The van der Waals surface area contributed by atoms with Crippen LogP contribution in [-0.4, -0.2) is 17.7 Å². The first kappa shape index (κ1) is 13.5. The highest BCUT2D eigenvalue weighted by Crippen LogP contribution is 2.47. The molecule has 1 aromatic carbocycles. The summed E-state index contributed by atoms with van der Waals surface area (Å²) in [4.78, 5) is 0. The fourth-order valence-electron chi connectivity index (χ4n) is 1.19. The molecule has 17 heavy (non-hydrogen) atoms. The van der Waals surface area contributed by atoms with Crippen LogP contribution in [0.25, 0.3) is 0 Å². The molecule has 3 N–H and O–H groups in total. The Labute approximate surface area is 91.7 Å². The second-order valence-corrected chi connectivity index (χ2v) is 3.28. The molecule has 2 nitrogen and oxygen atoms in total. The fourth-order valence-corrected chi connectivity index (χ4v) is 1.19. The van der Waals surface area contributed by atoms with Crippen LogP contribution in [0.5, 0.6) is 5.75 Å². The minimum Gasteiger partial charge on any atom is -0.506 e. The number of phenolic OH excluding ortho intramolecular Hbond substituents is 1. The summed E-state index contributed by atoms with van der Waals surface area (Å²) in [6, 6.07) is 1.35. The van der Waals surface area contributed by atoms with Crippen molar-refractivity contribution in [2.75, 3.05) is 5.73 Å². The van der Waals surface area contributed by atoms with E-state index in [2.05, 4.69) is 0 Å². The molecule has 1 atom stereocenters. The van der Waals surface area contributed by atoms with Crippen LogP contribution < -0.4 is 5.73 Å². The molecule has 0 fully saturated rings. The summed E-state index contributed by atoms with van der Waals surface area (Å²) in [7, 11) is 0. The van der Waals surface area contributed by atoms with Gasteiger partial charge in [-0.05, 0) is 12.1 Å². The van der Waals surface area contributed by atoms with Gasteiger partial charge in [0.2, 0.25) is 0 Å². The van der Waals surface area contributed by atoms with Crippen molar-refractivity contribution in [3.05, 3.63) is 23.8 Å². The molecule has 0 spiro atoms. The Morgan fingerprint density at radius 1 is 1.12 bits per heavy atom. The minimum absolute atomic E-state index is 0.328. The van der Waals surface area contributed by atoms with Gasteiger partial charge in [0, 0.05) is 5.56 Å². The molecule has 0 heterocycles. The first-order chi connectivity index (χ1) is 7.60. The van der Waals surface area contributed by atoms with Crippen LogP contribution in [0.3, 0.4) is 0 Å². The number of alkyl halides is 6. The lowest BCUT2D eigenvalue weighted by atomic mass is 9.95. The van der Waals surface area contributed by atoms with Crippen LogP contribution in [0.1, 0.15) is 5.56 Å². The smallest absolute Gasteiger partial charge is 0.432 e. The van der Waals surface area contributed by atoms with Crippen molar-refractivity contribution < 1.29 is 31.4 Å². The molecule has 0 amide bonds. The Kier molecular flexibility index (Phi) is 3.17. The highest BCUT2D eigenvalue weighted by Gasteiger charge is 2.64. The standard InChI is InChI=1S/C9H7F6NO/c10-7(11)8(12,9(13,14)15)4-1-2-6(17)5(16)3-4/h1-3,7,17H,16H2. The van der Waals surface area contributed by atoms with Crippen molar-refractivity contribution in [3.8, 4) is 5.75 Å². The van der Waals surface area contributed by atoms with E-state index in [0.29, 0.717) is 18.2 Å². The van der Waals surface area contributed by atoms with E-state index in [4.69, 9.17) is 10.8 Å². The molecule has 0 aliphatic carbocycles. The number of aromatic hydroxyl groups is 1. The Morgan fingerprint density at radius 3 is 2.00 bits per heavy atom. The number of hydrogen-bond donors (Lipinski definition) is 2. The summed E-state index contributed by atoms with van der Waals surface area (Å²) in [5, 5.41) is 8.93. The van der Waals surface area contributed by atoms with Crippen LogP contribution in [0.4, 0.5) is 32.0 Å². The topological polar surface area (TPSA) is 46.2 Å². The van der Waals surface area contributed by atoms with Crippen molar-refractivity contribution in [2.45, 2.75) is 18.3 Å². The normalized spacial score (nSPS) is 15.9. The molecule has 8 heteroatoms. The van der Waals surface area contributed by atoms with Crippen LogP contribution in [0, 0.1) is 0 Å². The summed E-state index contributed by atoms with van der Waals surface area (Å²) >= 11 is 0. The van der Waals surface area contributed by atoms with Gasteiger partial charge >= 0.3 is 6.18 Å². The molecule has 0 aliphatic heterocycles. The van der Waals surface area contributed by atoms with Gasteiger partial charge in [-0.25, -0.2) is 13.2 Å². The monoisotopic (exact) mass is 259 g/mol. The van der Waals surface area contributed by atoms with Crippen molar-refractivity contribution in [1.29, 1.82) is 0 Å². The second-order valence-electron chi connectivity index (χ2n) is 3.28. The zero-order valence-corrected chi connectivity index (χ0v) is 8.10. The largest absolute Gasteiger partial charge is 0.506 e. The van der Waals surface area contributed by atoms with Gasteiger partial charge in [0.1, 0.15) is 5.75 Å². The first-order valence-corrected chi connectivity index (χ1v) is 4.23. The van der Waals surface area contributed by atoms with Gasteiger partial charge in [-0.1, -0.05) is 6.07 Å². The van der Waals surface area contributed by atoms with Crippen molar-refractivity contribution in [2.24, 2.45) is 0 Å². The summed E-state index contributed by atoms with van der Waals surface area (Å²) in [6.45, 7) is 0. The van der Waals surface area contributed by atoms with E-state index in [-0.39, 0.29) is 0 Å². The third kappa shape index (κ3) is 2.11. The second kappa shape index (κ2) is 4.01. The Balaban J connectivity index is 3.39. The number of anilines is 1. The van der Waals surface area contributed by atoms with E-state index < -0.39 is 35.3 Å². The van der Waals surface area contributed by atoms with Gasteiger partial charge in [-0.15, -0.1) is 0 Å². The molecule has 0 saturated heterocycles. The number of nitrogen functional groups attached to an aromatic ring is 1. The van der Waals surface area contributed by atoms with Crippen LogP contribution >= 0.6 is 0 Å². The van der Waals surface area contributed by atoms with Crippen molar-refractivity contribution >= 4 is 5.69 Å². The maximum absolute atomic E-state index is 13.5. The first-order valence-electron chi connectivity index (χ1n) is 4.23. The SMILES string of the molecule is Nc1cc(C(F)(C(F)F)C(F)(F)F)ccc1O. The fraction of sp³-hybridized carbons (Fsp3) is 0.333. The molecule has 0 aliphatic rings. The van der Waals surface area contributed by atoms with Crippen LogP contribution in [0.2, 0.25) is 0 Å².